The molecule has 0 spiro atoms. The van der Waals surface area contributed by atoms with E-state index in [-0.39, 0.29) is 5.78 Å². The van der Waals surface area contributed by atoms with Crippen LogP contribution < -0.4 is 9.47 Å². The summed E-state index contributed by atoms with van der Waals surface area (Å²) in [6.45, 7) is 0. The minimum absolute atomic E-state index is 0.0767. The van der Waals surface area contributed by atoms with E-state index in [1.54, 1.807) is 32.4 Å². The molecule has 4 heteroatoms. The SMILES string of the molecule is COc1ccc(OC)c(C(=O)c2ccc(I)cc2)c1. The molecular formula is C15H13IO3. The maximum absolute atomic E-state index is 12.5. The van der Waals surface area contributed by atoms with Crippen LogP contribution in [0.4, 0.5) is 0 Å². The molecule has 0 aliphatic rings. The highest BCUT2D eigenvalue weighted by Crippen LogP contribution is 2.26. The molecule has 2 rings (SSSR count). The Labute approximate surface area is 125 Å². The summed E-state index contributed by atoms with van der Waals surface area (Å²) in [5, 5.41) is 0. The molecule has 0 N–H and O–H groups in total. The van der Waals surface area contributed by atoms with Crippen LogP contribution in [0.5, 0.6) is 11.5 Å². The van der Waals surface area contributed by atoms with Crippen LogP contribution in [-0.4, -0.2) is 20.0 Å². The van der Waals surface area contributed by atoms with Gasteiger partial charge in [-0.3, -0.25) is 4.79 Å². The van der Waals surface area contributed by atoms with Crippen molar-refractivity contribution in [2.24, 2.45) is 0 Å². The Morgan fingerprint density at radius 2 is 1.68 bits per heavy atom. The molecular weight excluding hydrogens is 355 g/mol. The summed E-state index contributed by atoms with van der Waals surface area (Å²) in [6, 6.07) is 12.6. The first-order valence-electron chi connectivity index (χ1n) is 5.68. The summed E-state index contributed by atoms with van der Waals surface area (Å²) >= 11 is 2.20. The first kappa shape index (κ1) is 13.9. The monoisotopic (exact) mass is 368 g/mol. The molecule has 0 fully saturated rings. The second kappa shape index (κ2) is 6.06. The summed E-state index contributed by atoms with van der Waals surface area (Å²) in [7, 11) is 3.12. The molecule has 0 atom stereocenters. The average molecular weight is 368 g/mol. The van der Waals surface area contributed by atoms with Gasteiger partial charge in [0.25, 0.3) is 0 Å². The lowest BCUT2D eigenvalue weighted by Crippen LogP contribution is -2.04. The summed E-state index contributed by atoms with van der Waals surface area (Å²) in [5.74, 6) is 1.10. The largest absolute Gasteiger partial charge is 0.497 e. The molecule has 98 valence electrons. The van der Waals surface area contributed by atoms with Gasteiger partial charge in [-0.1, -0.05) is 0 Å². The summed E-state index contributed by atoms with van der Waals surface area (Å²) in [6.07, 6.45) is 0. The van der Waals surface area contributed by atoms with Crippen LogP contribution in [0.3, 0.4) is 0 Å². The molecule has 0 radical (unpaired) electrons. The molecule has 0 bridgehead atoms. The van der Waals surface area contributed by atoms with Crippen LogP contribution in [0, 0.1) is 3.57 Å². The van der Waals surface area contributed by atoms with Gasteiger partial charge in [-0.25, -0.2) is 0 Å². The molecule has 0 amide bonds. The van der Waals surface area contributed by atoms with Crippen molar-refractivity contribution in [3.05, 3.63) is 57.2 Å². The van der Waals surface area contributed by atoms with Crippen molar-refractivity contribution in [3.63, 3.8) is 0 Å². The van der Waals surface area contributed by atoms with E-state index in [0.29, 0.717) is 22.6 Å². The zero-order valence-corrected chi connectivity index (χ0v) is 12.8. The zero-order valence-electron chi connectivity index (χ0n) is 10.6. The maximum Gasteiger partial charge on any atom is 0.196 e. The van der Waals surface area contributed by atoms with Crippen molar-refractivity contribution < 1.29 is 14.3 Å². The molecule has 0 aromatic heterocycles. The van der Waals surface area contributed by atoms with Gasteiger partial charge in [0.15, 0.2) is 5.78 Å². The second-order valence-corrected chi connectivity index (χ2v) is 5.15. The standard InChI is InChI=1S/C15H13IO3/c1-18-12-7-8-14(19-2)13(9-12)15(17)10-3-5-11(16)6-4-10/h3-9H,1-2H3. The lowest BCUT2D eigenvalue weighted by Gasteiger charge is -2.09. The summed E-state index contributed by atoms with van der Waals surface area (Å²) in [5.41, 5.74) is 1.13. The number of benzene rings is 2. The smallest absolute Gasteiger partial charge is 0.196 e. The van der Waals surface area contributed by atoms with Crippen LogP contribution in [0.1, 0.15) is 15.9 Å². The number of rotatable bonds is 4. The Balaban J connectivity index is 2.44. The number of carbonyl (C=O) groups excluding carboxylic acids is 1. The van der Waals surface area contributed by atoms with Gasteiger partial charge >= 0.3 is 0 Å². The third-order valence-corrected chi connectivity index (χ3v) is 3.48. The first-order chi connectivity index (χ1) is 9.15. The Kier molecular flexibility index (Phi) is 4.42. The molecule has 2 aromatic rings. The topological polar surface area (TPSA) is 35.5 Å². The zero-order chi connectivity index (χ0) is 13.8. The molecule has 0 unspecified atom stereocenters. The highest BCUT2D eigenvalue weighted by Gasteiger charge is 2.15. The predicted octanol–water partition coefficient (Wildman–Crippen LogP) is 3.54. The lowest BCUT2D eigenvalue weighted by atomic mass is 10.0. The molecule has 3 nitrogen and oxygen atoms in total. The Morgan fingerprint density at radius 3 is 2.26 bits per heavy atom. The Bertz CT molecular complexity index is 591. The van der Waals surface area contributed by atoms with Gasteiger partial charge in [0.1, 0.15) is 11.5 Å². The van der Waals surface area contributed by atoms with Crippen LogP contribution in [0.2, 0.25) is 0 Å². The molecule has 19 heavy (non-hydrogen) atoms. The number of halogens is 1. The number of hydrogen-bond donors (Lipinski definition) is 0. The van der Waals surface area contributed by atoms with E-state index in [9.17, 15) is 4.79 Å². The van der Waals surface area contributed by atoms with Crippen LogP contribution >= 0.6 is 22.6 Å². The van der Waals surface area contributed by atoms with E-state index in [2.05, 4.69) is 22.6 Å². The summed E-state index contributed by atoms with van der Waals surface area (Å²) in [4.78, 5) is 12.5. The van der Waals surface area contributed by atoms with Gasteiger partial charge in [-0.15, -0.1) is 0 Å². The van der Waals surface area contributed by atoms with E-state index in [0.717, 1.165) is 3.57 Å². The van der Waals surface area contributed by atoms with Crippen LogP contribution in [0.15, 0.2) is 42.5 Å². The van der Waals surface area contributed by atoms with Crippen molar-refractivity contribution in [2.45, 2.75) is 0 Å². The van der Waals surface area contributed by atoms with E-state index in [1.807, 2.05) is 24.3 Å². The van der Waals surface area contributed by atoms with Crippen molar-refractivity contribution in [2.75, 3.05) is 14.2 Å². The fraction of sp³-hybridized carbons (Fsp3) is 0.133. The Hall–Kier alpha value is -1.56. The quantitative estimate of drug-likeness (QED) is 0.612. The minimum Gasteiger partial charge on any atom is -0.497 e. The van der Waals surface area contributed by atoms with Gasteiger partial charge < -0.3 is 9.47 Å². The van der Waals surface area contributed by atoms with E-state index in [1.165, 1.54) is 0 Å². The molecule has 0 aliphatic heterocycles. The fourth-order valence-corrected chi connectivity index (χ4v) is 2.11. The van der Waals surface area contributed by atoms with Gasteiger partial charge in [0.05, 0.1) is 19.8 Å². The molecule has 0 saturated heterocycles. The second-order valence-electron chi connectivity index (χ2n) is 3.90. The number of carbonyl (C=O) groups is 1. The number of ether oxygens (including phenoxy) is 2. The van der Waals surface area contributed by atoms with E-state index >= 15 is 0 Å². The van der Waals surface area contributed by atoms with E-state index in [4.69, 9.17) is 9.47 Å². The minimum atomic E-state index is -0.0767. The molecule has 2 aromatic carbocycles. The number of ketones is 1. The van der Waals surface area contributed by atoms with Gasteiger partial charge in [0.2, 0.25) is 0 Å². The van der Waals surface area contributed by atoms with Crippen LogP contribution in [0.25, 0.3) is 0 Å². The Morgan fingerprint density at radius 1 is 1.00 bits per heavy atom. The van der Waals surface area contributed by atoms with Crippen molar-refractivity contribution in [1.29, 1.82) is 0 Å². The van der Waals surface area contributed by atoms with Crippen molar-refractivity contribution in [1.82, 2.24) is 0 Å². The lowest BCUT2D eigenvalue weighted by molar-refractivity contribution is 0.103. The third-order valence-electron chi connectivity index (χ3n) is 2.76. The van der Waals surface area contributed by atoms with Crippen LogP contribution in [-0.2, 0) is 0 Å². The van der Waals surface area contributed by atoms with Crippen molar-refractivity contribution >= 4 is 28.4 Å². The first-order valence-corrected chi connectivity index (χ1v) is 6.76. The van der Waals surface area contributed by atoms with Crippen molar-refractivity contribution in [3.8, 4) is 11.5 Å². The summed E-state index contributed by atoms with van der Waals surface area (Å²) < 4.78 is 11.5. The normalized spacial score (nSPS) is 10.1. The highest BCUT2D eigenvalue weighted by atomic mass is 127. The van der Waals surface area contributed by atoms with Gasteiger partial charge in [-0.2, -0.15) is 0 Å². The number of hydrogen-bond acceptors (Lipinski definition) is 3. The van der Waals surface area contributed by atoms with E-state index < -0.39 is 0 Å². The average Bonchev–Trinajstić information content (AvgIpc) is 2.46. The third kappa shape index (κ3) is 3.07. The molecule has 0 aliphatic carbocycles. The highest BCUT2D eigenvalue weighted by molar-refractivity contribution is 14.1. The number of methoxy groups -OCH3 is 2. The predicted molar refractivity (Wildman–Crippen MR) is 82.1 cm³/mol. The molecule has 0 heterocycles. The van der Waals surface area contributed by atoms with Gasteiger partial charge in [0, 0.05) is 9.13 Å². The van der Waals surface area contributed by atoms with Gasteiger partial charge in [-0.05, 0) is 65.1 Å². The maximum atomic E-state index is 12.5. The fourth-order valence-electron chi connectivity index (χ4n) is 1.75. The molecule has 0 saturated carbocycles.